The van der Waals surface area contributed by atoms with Crippen LogP contribution in [0.25, 0.3) is 12.2 Å². The molecule has 0 unspecified atom stereocenters. The van der Waals surface area contributed by atoms with Gasteiger partial charge in [0.05, 0.1) is 11.2 Å². The summed E-state index contributed by atoms with van der Waals surface area (Å²) in [6, 6.07) is 12.1. The van der Waals surface area contributed by atoms with E-state index in [1.165, 1.54) is 0 Å². The van der Waals surface area contributed by atoms with Gasteiger partial charge in [0.25, 0.3) is 0 Å². The summed E-state index contributed by atoms with van der Waals surface area (Å²) in [5.41, 5.74) is 0. The Morgan fingerprint density at radius 2 is 2.00 bits per heavy atom. The van der Waals surface area contributed by atoms with E-state index in [4.69, 9.17) is 4.42 Å². The van der Waals surface area contributed by atoms with Gasteiger partial charge in [0.1, 0.15) is 0 Å². The van der Waals surface area contributed by atoms with Crippen molar-refractivity contribution in [1.29, 1.82) is 0 Å². The summed E-state index contributed by atoms with van der Waals surface area (Å²) in [6.07, 6.45) is 9.63. The molecule has 0 spiro atoms. The first-order valence-corrected chi connectivity index (χ1v) is 11.7. The lowest BCUT2D eigenvalue weighted by molar-refractivity contribution is 0.550. The van der Waals surface area contributed by atoms with Crippen molar-refractivity contribution in [3.05, 3.63) is 77.3 Å². The Balaban J connectivity index is 1.57. The number of imidazole rings is 1. The molecule has 0 aliphatic rings. The minimum absolute atomic E-state index is 0.109. The molecule has 3 aromatic heterocycles. The second-order valence-electron chi connectivity index (χ2n) is 6.43. The van der Waals surface area contributed by atoms with Crippen LogP contribution >= 0.6 is 11.3 Å². The number of nitrogens with one attached hydrogen (secondary N) is 1. The summed E-state index contributed by atoms with van der Waals surface area (Å²) in [5, 5.41) is 4.95. The van der Waals surface area contributed by atoms with Gasteiger partial charge in [-0.05, 0) is 36.1 Å². The maximum Gasteiger partial charge on any atom is 0.233 e. The van der Waals surface area contributed by atoms with E-state index in [0.717, 1.165) is 17.8 Å². The lowest BCUT2D eigenvalue weighted by Gasteiger charge is -2.06. The summed E-state index contributed by atoms with van der Waals surface area (Å²) >= 11 is 1.57. The van der Waals surface area contributed by atoms with Crippen molar-refractivity contribution in [3.8, 4) is 0 Å². The van der Waals surface area contributed by atoms with Crippen LogP contribution in [0, 0.1) is 0 Å². The van der Waals surface area contributed by atoms with Gasteiger partial charge in [0, 0.05) is 36.4 Å². The van der Waals surface area contributed by atoms with Crippen LogP contribution in [0.4, 0.5) is 5.88 Å². The zero-order valence-electron chi connectivity index (χ0n) is 16.0. The van der Waals surface area contributed by atoms with Crippen LogP contribution in [-0.4, -0.2) is 29.5 Å². The molecule has 1 N–H and O–H groups in total. The molecular weight excluding hydrogens is 420 g/mol. The molecule has 0 radical (unpaired) electrons. The van der Waals surface area contributed by atoms with Crippen molar-refractivity contribution < 1.29 is 12.8 Å². The van der Waals surface area contributed by atoms with Crippen LogP contribution in [0.1, 0.15) is 17.2 Å². The van der Waals surface area contributed by atoms with E-state index < -0.39 is 9.84 Å². The van der Waals surface area contributed by atoms with Gasteiger partial charge in [-0.3, -0.25) is 0 Å². The molecule has 0 saturated heterocycles. The zero-order chi connectivity index (χ0) is 20.8. The van der Waals surface area contributed by atoms with Crippen molar-refractivity contribution >= 4 is 39.2 Å². The number of hydrogen-bond donors (Lipinski definition) is 1. The number of benzene rings is 1. The van der Waals surface area contributed by atoms with Crippen molar-refractivity contribution in [2.45, 2.75) is 22.9 Å². The maximum atomic E-state index is 13.1. The number of hydrogen-bond acceptors (Lipinski definition) is 7. The highest BCUT2D eigenvalue weighted by molar-refractivity contribution is 7.91. The molecule has 30 heavy (non-hydrogen) atoms. The average Bonchev–Trinajstić information content (AvgIpc) is 3.53. The van der Waals surface area contributed by atoms with E-state index in [0.29, 0.717) is 6.54 Å². The first-order chi connectivity index (χ1) is 14.6. The van der Waals surface area contributed by atoms with Crippen LogP contribution < -0.4 is 5.32 Å². The highest BCUT2D eigenvalue weighted by Gasteiger charge is 2.27. The van der Waals surface area contributed by atoms with E-state index in [1.54, 1.807) is 60.3 Å². The van der Waals surface area contributed by atoms with E-state index in [1.807, 2.05) is 34.4 Å². The fourth-order valence-corrected chi connectivity index (χ4v) is 4.75. The Morgan fingerprint density at radius 3 is 2.73 bits per heavy atom. The average molecular weight is 441 g/mol. The standard InChI is InChI=1S/C21H20N4O3S2/c26-30(27,18-7-2-1-3-8-18)21-20(23-11-5-13-25-14-12-22-16-25)28-19(24-21)10-9-17-6-4-15-29-17/h1-4,6-10,12,14-16,23H,5,11,13H2/b10-9+. The van der Waals surface area contributed by atoms with Crippen molar-refractivity contribution in [2.75, 3.05) is 11.9 Å². The quantitative estimate of drug-likeness (QED) is 0.387. The number of oxazole rings is 1. The number of thiophene rings is 1. The molecule has 3 heterocycles. The van der Waals surface area contributed by atoms with Crippen molar-refractivity contribution in [1.82, 2.24) is 14.5 Å². The smallest absolute Gasteiger partial charge is 0.233 e. The summed E-state index contributed by atoms with van der Waals surface area (Å²) in [4.78, 5) is 9.48. The number of aryl methyl sites for hydroxylation is 1. The van der Waals surface area contributed by atoms with Gasteiger partial charge >= 0.3 is 0 Å². The van der Waals surface area contributed by atoms with Crippen molar-refractivity contribution in [3.63, 3.8) is 0 Å². The highest BCUT2D eigenvalue weighted by atomic mass is 32.2. The maximum absolute atomic E-state index is 13.1. The third kappa shape index (κ3) is 4.69. The Kier molecular flexibility index (Phi) is 6.10. The predicted molar refractivity (Wildman–Crippen MR) is 117 cm³/mol. The van der Waals surface area contributed by atoms with E-state index in [-0.39, 0.29) is 21.7 Å². The van der Waals surface area contributed by atoms with Crippen LogP contribution in [0.5, 0.6) is 0 Å². The minimum Gasteiger partial charge on any atom is -0.420 e. The molecule has 0 aliphatic heterocycles. The number of aromatic nitrogens is 3. The normalized spacial score (nSPS) is 11.9. The van der Waals surface area contributed by atoms with Crippen LogP contribution in [-0.2, 0) is 16.4 Å². The second-order valence-corrected chi connectivity index (χ2v) is 9.28. The SMILES string of the molecule is O=S(=O)(c1ccccc1)c1nc(/C=C/c2cccs2)oc1NCCCn1ccnc1. The Morgan fingerprint density at radius 1 is 1.13 bits per heavy atom. The molecular formula is C21H20N4O3S2. The third-order valence-electron chi connectivity index (χ3n) is 4.29. The molecule has 0 aliphatic carbocycles. The molecule has 7 nitrogen and oxygen atoms in total. The molecule has 9 heteroatoms. The molecule has 0 saturated carbocycles. The van der Waals surface area contributed by atoms with Crippen LogP contribution in [0.15, 0.2) is 80.9 Å². The van der Waals surface area contributed by atoms with Gasteiger partial charge in [0.15, 0.2) is 0 Å². The number of nitrogens with zero attached hydrogens (tertiary/aromatic N) is 3. The van der Waals surface area contributed by atoms with Gasteiger partial charge in [-0.15, -0.1) is 11.3 Å². The van der Waals surface area contributed by atoms with E-state index >= 15 is 0 Å². The van der Waals surface area contributed by atoms with Gasteiger partial charge in [-0.1, -0.05) is 24.3 Å². The summed E-state index contributed by atoms with van der Waals surface area (Å²) in [5.74, 6) is 0.380. The summed E-state index contributed by atoms with van der Waals surface area (Å²) in [7, 11) is -3.82. The monoisotopic (exact) mass is 440 g/mol. The second kappa shape index (κ2) is 9.10. The first kappa shape index (κ1) is 20.1. The van der Waals surface area contributed by atoms with E-state index in [2.05, 4.69) is 15.3 Å². The first-order valence-electron chi connectivity index (χ1n) is 9.35. The van der Waals surface area contributed by atoms with Crippen molar-refractivity contribution in [2.24, 2.45) is 0 Å². The van der Waals surface area contributed by atoms with Gasteiger partial charge in [-0.25, -0.2) is 13.4 Å². The Labute approximate surface area is 178 Å². The lowest BCUT2D eigenvalue weighted by Crippen LogP contribution is -2.09. The highest BCUT2D eigenvalue weighted by Crippen LogP contribution is 2.29. The molecule has 4 rings (SSSR count). The number of rotatable bonds is 9. The molecule has 0 fully saturated rings. The largest absolute Gasteiger partial charge is 0.420 e. The summed E-state index contributed by atoms with van der Waals surface area (Å²) in [6.45, 7) is 1.28. The molecule has 154 valence electrons. The third-order valence-corrected chi connectivity index (χ3v) is 6.81. The van der Waals surface area contributed by atoms with Gasteiger partial charge < -0.3 is 14.3 Å². The molecule has 4 aromatic rings. The Bertz CT molecular complexity index is 1200. The summed E-state index contributed by atoms with van der Waals surface area (Å²) < 4.78 is 34.0. The number of anilines is 1. The fourth-order valence-electron chi connectivity index (χ4n) is 2.82. The lowest BCUT2D eigenvalue weighted by atomic mass is 10.4. The van der Waals surface area contributed by atoms with E-state index in [9.17, 15) is 8.42 Å². The number of sulfone groups is 1. The van der Waals surface area contributed by atoms with Crippen LogP contribution in [0.2, 0.25) is 0 Å². The van der Waals surface area contributed by atoms with Crippen LogP contribution in [0.3, 0.4) is 0 Å². The minimum atomic E-state index is -3.82. The zero-order valence-corrected chi connectivity index (χ0v) is 17.6. The molecule has 0 bridgehead atoms. The molecule has 0 atom stereocenters. The topological polar surface area (TPSA) is 90.0 Å². The fraction of sp³-hybridized carbons (Fsp3) is 0.143. The Hall–Kier alpha value is -3.17. The van der Waals surface area contributed by atoms with Gasteiger partial charge in [0.2, 0.25) is 26.6 Å². The molecule has 1 aromatic carbocycles. The predicted octanol–water partition coefficient (Wildman–Crippen LogP) is 4.44. The van der Waals surface area contributed by atoms with Gasteiger partial charge in [-0.2, -0.15) is 4.98 Å². The molecule has 0 amide bonds.